The van der Waals surface area contributed by atoms with Crippen LogP contribution >= 0.6 is 58.4 Å². The highest BCUT2D eigenvalue weighted by molar-refractivity contribution is 8.05. The highest BCUT2D eigenvalue weighted by Crippen LogP contribution is 2.58. The monoisotopic (exact) mass is 602 g/mol. The van der Waals surface area contributed by atoms with Crippen LogP contribution in [0.1, 0.15) is 104 Å². The first-order chi connectivity index (χ1) is 16.6. The van der Waals surface area contributed by atoms with Gasteiger partial charge in [-0.05, 0) is 0 Å². The number of carbonyl (C=O) groups is 2. The molecule has 0 saturated heterocycles. The number of benzene rings is 1. The molecule has 1 aromatic heterocycles. The van der Waals surface area contributed by atoms with E-state index in [0.29, 0.717) is 11.1 Å². The highest BCUT2D eigenvalue weighted by atomic mass is 32.2. The number of rotatable bonds is 6. The molecule has 0 fully saturated rings. The fourth-order valence-electron chi connectivity index (χ4n) is 3.39. The van der Waals surface area contributed by atoms with Gasteiger partial charge in [0, 0.05) is 39.6 Å². The molecule has 1 aromatic carbocycles. The van der Waals surface area contributed by atoms with Gasteiger partial charge in [-0.15, -0.1) is 58.4 Å². The molecule has 2 rings (SSSR count). The fourth-order valence-corrected chi connectivity index (χ4v) is 11.1. The van der Waals surface area contributed by atoms with Crippen LogP contribution in [0.25, 0.3) is 10.8 Å². The maximum Gasteiger partial charge on any atom is 0.339 e. The van der Waals surface area contributed by atoms with E-state index in [9.17, 15) is 9.59 Å². The van der Waals surface area contributed by atoms with Crippen LogP contribution in [0.2, 0.25) is 0 Å². The number of carbonyl (C=O) groups excluding carboxylic acids is 2. The third-order valence-corrected chi connectivity index (χ3v) is 10.6. The molecule has 0 amide bonds. The zero-order valence-corrected chi connectivity index (χ0v) is 28.8. The number of esters is 2. The van der Waals surface area contributed by atoms with Gasteiger partial charge in [-0.1, -0.05) is 83.1 Å². The molecule has 0 bridgehead atoms. The zero-order chi connectivity index (χ0) is 28.7. The van der Waals surface area contributed by atoms with Crippen LogP contribution in [0.3, 0.4) is 0 Å². The van der Waals surface area contributed by atoms with Gasteiger partial charge in [-0.3, -0.25) is 0 Å². The van der Waals surface area contributed by atoms with Gasteiger partial charge < -0.3 is 9.47 Å². The summed E-state index contributed by atoms with van der Waals surface area (Å²) >= 11 is 8.58. The number of fused-ring (bicyclic) bond motifs is 1. The van der Waals surface area contributed by atoms with Crippen LogP contribution in [0.4, 0.5) is 0 Å². The maximum atomic E-state index is 13.5. The Morgan fingerprint density at radius 1 is 0.541 bits per heavy atom. The van der Waals surface area contributed by atoms with Crippen LogP contribution in [0.5, 0.6) is 0 Å². The van der Waals surface area contributed by atoms with E-state index in [2.05, 4.69) is 83.1 Å². The molecule has 0 atom stereocenters. The smallest absolute Gasteiger partial charge is 0.339 e. The summed E-state index contributed by atoms with van der Waals surface area (Å²) in [6, 6.07) is 0. The summed E-state index contributed by atoms with van der Waals surface area (Å²) in [5.41, 5.74) is 0.601. The van der Waals surface area contributed by atoms with E-state index in [4.69, 9.17) is 9.47 Å². The first kappa shape index (κ1) is 32.7. The van der Waals surface area contributed by atoms with Crippen molar-refractivity contribution < 1.29 is 19.1 Å². The fraction of sp³-hybridized carbons (Fsp3) is 0.643. The first-order valence-electron chi connectivity index (χ1n) is 12.2. The molecule has 0 spiro atoms. The van der Waals surface area contributed by atoms with Crippen molar-refractivity contribution in [1.29, 1.82) is 0 Å². The number of ether oxygens (including phenoxy) is 2. The molecule has 4 nitrogen and oxygen atoms in total. The van der Waals surface area contributed by atoms with Crippen molar-refractivity contribution in [3.05, 3.63) is 11.1 Å². The van der Waals surface area contributed by atoms with Crippen molar-refractivity contribution in [3.8, 4) is 0 Å². The van der Waals surface area contributed by atoms with Crippen molar-refractivity contribution in [3.63, 3.8) is 0 Å². The van der Waals surface area contributed by atoms with Crippen molar-refractivity contribution in [2.24, 2.45) is 0 Å². The second kappa shape index (κ2) is 11.6. The molecule has 0 unspecified atom stereocenters. The summed E-state index contributed by atoms with van der Waals surface area (Å²) in [6.45, 7) is 25.9. The predicted molar refractivity (Wildman–Crippen MR) is 167 cm³/mol. The van der Waals surface area contributed by atoms with E-state index in [0.717, 1.165) is 29.0 Å². The van der Waals surface area contributed by atoms with E-state index in [1.54, 1.807) is 58.4 Å². The molecule has 0 aliphatic rings. The SMILES string of the molecule is COC(=O)c1c(C(=O)OC)c(SC(C)(C)C)c2c(SC(C)(C)C)sc(SC(C)(C)C)c2c1SC(C)(C)C. The van der Waals surface area contributed by atoms with Crippen molar-refractivity contribution in [2.75, 3.05) is 14.2 Å². The largest absolute Gasteiger partial charge is 0.465 e. The van der Waals surface area contributed by atoms with Crippen LogP contribution in [-0.4, -0.2) is 45.1 Å². The van der Waals surface area contributed by atoms with Gasteiger partial charge in [-0.25, -0.2) is 9.59 Å². The third kappa shape index (κ3) is 8.75. The Bertz CT molecular complexity index is 1080. The molecule has 9 heteroatoms. The lowest BCUT2D eigenvalue weighted by Crippen LogP contribution is -2.19. The summed E-state index contributed by atoms with van der Waals surface area (Å²) in [6.07, 6.45) is 0. The number of methoxy groups -OCH3 is 2. The summed E-state index contributed by atoms with van der Waals surface area (Å²) < 4.78 is 12.4. The van der Waals surface area contributed by atoms with E-state index in [-0.39, 0.29) is 19.0 Å². The summed E-state index contributed by atoms with van der Waals surface area (Å²) in [4.78, 5) is 28.6. The van der Waals surface area contributed by atoms with E-state index in [1.807, 2.05) is 0 Å². The number of hydrogen-bond donors (Lipinski definition) is 0. The second-order valence-electron chi connectivity index (χ2n) is 12.7. The summed E-state index contributed by atoms with van der Waals surface area (Å²) in [5.74, 6) is -1.04. The lowest BCUT2D eigenvalue weighted by molar-refractivity contribution is 0.0549. The summed E-state index contributed by atoms with van der Waals surface area (Å²) in [7, 11) is 2.74. The first-order valence-corrected chi connectivity index (χ1v) is 16.3. The Labute approximate surface area is 244 Å². The van der Waals surface area contributed by atoms with E-state index >= 15 is 0 Å². The standard InChI is InChI=1S/C28H42O4S5/c1-25(2,3)34-19-15(21(29)31-13)16(22(30)32-14)20(35-26(4,5)6)18-17(19)23(36-27(7,8)9)33-24(18)37-28(10,11)12/h1-14H3. The van der Waals surface area contributed by atoms with Crippen LogP contribution in [-0.2, 0) is 9.47 Å². The topological polar surface area (TPSA) is 52.6 Å². The molecule has 37 heavy (non-hydrogen) atoms. The van der Waals surface area contributed by atoms with Crippen molar-refractivity contribution in [1.82, 2.24) is 0 Å². The summed E-state index contributed by atoms with van der Waals surface area (Å²) in [5, 5.41) is 2.08. The lowest BCUT2D eigenvalue weighted by atomic mass is 10.0. The van der Waals surface area contributed by atoms with Gasteiger partial charge in [-0.2, -0.15) is 0 Å². The molecule has 0 aliphatic heterocycles. The minimum Gasteiger partial charge on any atom is -0.465 e. The number of hydrogen-bond acceptors (Lipinski definition) is 9. The number of thiophene rings is 1. The van der Waals surface area contributed by atoms with E-state index < -0.39 is 11.9 Å². The molecule has 0 aliphatic carbocycles. The Kier molecular flexibility index (Phi) is 10.2. The average Bonchev–Trinajstić information content (AvgIpc) is 3.00. The zero-order valence-electron chi connectivity index (χ0n) is 24.7. The Morgan fingerprint density at radius 2 is 0.811 bits per heavy atom. The van der Waals surface area contributed by atoms with Gasteiger partial charge in [0.05, 0.1) is 33.8 Å². The van der Waals surface area contributed by atoms with Crippen LogP contribution in [0.15, 0.2) is 18.2 Å². The Balaban J connectivity index is 3.35. The van der Waals surface area contributed by atoms with Crippen LogP contribution in [0, 0.1) is 0 Å². The average molecular weight is 603 g/mol. The Morgan fingerprint density at radius 3 is 1.03 bits per heavy atom. The van der Waals surface area contributed by atoms with E-state index in [1.165, 1.54) is 14.2 Å². The second-order valence-corrected chi connectivity index (χ2v) is 21.6. The van der Waals surface area contributed by atoms with Gasteiger partial charge in [0.25, 0.3) is 0 Å². The van der Waals surface area contributed by atoms with Gasteiger partial charge in [0.2, 0.25) is 0 Å². The third-order valence-electron chi connectivity index (χ3n) is 4.40. The van der Waals surface area contributed by atoms with Gasteiger partial charge in [0.1, 0.15) is 0 Å². The van der Waals surface area contributed by atoms with Crippen molar-refractivity contribution >= 4 is 81.1 Å². The quantitative estimate of drug-likeness (QED) is 0.239. The predicted octanol–water partition coefficient (Wildman–Crippen LogP) is 10.0. The molecular weight excluding hydrogens is 561 g/mol. The lowest BCUT2D eigenvalue weighted by Gasteiger charge is -2.27. The normalized spacial score (nSPS) is 13.2. The minimum absolute atomic E-state index is 0.0467. The van der Waals surface area contributed by atoms with Gasteiger partial charge >= 0.3 is 11.9 Å². The number of thioether (sulfide) groups is 4. The molecule has 0 N–H and O–H groups in total. The molecule has 208 valence electrons. The molecule has 1 heterocycles. The highest BCUT2D eigenvalue weighted by Gasteiger charge is 2.37. The molecule has 2 aromatic rings. The molecule has 0 radical (unpaired) electrons. The van der Waals surface area contributed by atoms with Crippen LogP contribution < -0.4 is 0 Å². The van der Waals surface area contributed by atoms with Gasteiger partial charge in [0.15, 0.2) is 0 Å². The molecule has 0 saturated carbocycles. The molecular formula is C28H42O4S5. The van der Waals surface area contributed by atoms with Crippen molar-refractivity contribution in [2.45, 2.75) is 120 Å². The minimum atomic E-state index is -0.521. The maximum absolute atomic E-state index is 13.5. The Hall–Kier alpha value is -0.480.